The molecule has 5 aromatic rings. The third-order valence-electron chi connectivity index (χ3n) is 5.13. The molecule has 0 saturated carbocycles. The van der Waals surface area contributed by atoms with E-state index in [1.165, 1.54) is 43.4 Å². The topological polar surface area (TPSA) is 16.6 Å². The van der Waals surface area contributed by atoms with Crippen LogP contribution in [0.1, 0.15) is 11.1 Å². The van der Waals surface area contributed by atoms with Crippen LogP contribution in [0.25, 0.3) is 32.3 Å². The predicted molar refractivity (Wildman–Crippen MR) is 106 cm³/mol. The van der Waals surface area contributed by atoms with E-state index in [0.29, 0.717) is 0 Å². The monoisotopic (exact) mass is 322 g/mol. The van der Waals surface area contributed by atoms with Crippen molar-refractivity contribution in [2.75, 3.05) is 0 Å². The van der Waals surface area contributed by atoms with Crippen molar-refractivity contribution in [3.8, 4) is 0 Å². The maximum absolute atomic E-state index is 2.38. The molecule has 0 amide bonds. The van der Waals surface area contributed by atoms with Crippen molar-refractivity contribution in [1.82, 2.24) is 0 Å². The third-order valence-corrected chi connectivity index (χ3v) is 5.13. The van der Waals surface area contributed by atoms with E-state index in [2.05, 4.69) is 90.2 Å². The molecule has 0 heterocycles. The first kappa shape index (κ1) is 14.4. The van der Waals surface area contributed by atoms with E-state index >= 15 is 0 Å². The van der Waals surface area contributed by atoms with Crippen molar-refractivity contribution >= 4 is 32.3 Å². The smallest absolute Gasteiger partial charge is 0.102 e. The van der Waals surface area contributed by atoms with Crippen LogP contribution in [0.3, 0.4) is 0 Å². The van der Waals surface area contributed by atoms with Gasteiger partial charge in [0, 0.05) is 11.1 Å². The van der Waals surface area contributed by atoms with Crippen molar-refractivity contribution in [2.24, 2.45) is 0 Å². The minimum atomic E-state index is 1.01. The Labute approximate surface area is 147 Å². The first-order valence-corrected chi connectivity index (χ1v) is 8.90. The number of hydrogen-bond donors (Lipinski definition) is 1. The van der Waals surface area contributed by atoms with Crippen LogP contribution < -0.4 is 5.32 Å². The molecule has 0 fully saturated rings. The SMILES string of the molecule is c1ccc(C[NH2+]Cc2cc3ccc4cccc5ccc(c2)c3c45)cc1. The van der Waals surface area contributed by atoms with Crippen LogP contribution in [0.4, 0.5) is 0 Å². The number of rotatable bonds is 4. The molecule has 1 heteroatoms. The van der Waals surface area contributed by atoms with Gasteiger partial charge in [0.25, 0.3) is 0 Å². The van der Waals surface area contributed by atoms with E-state index in [-0.39, 0.29) is 0 Å². The fourth-order valence-corrected chi connectivity index (χ4v) is 3.96. The molecular weight excluding hydrogens is 302 g/mol. The van der Waals surface area contributed by atoms with Crippen LogP contribution in [0, 0.1) is 0 Å². The van der Waals surface area contributed by atoms with Crippen molar-refractivity contribution in [1.29, 1.82) is 0 Å². The fraction of sp³-hybridized carbons (Fsp3) is 0.0833. The largest absolute Gasteiger partial charge is 0.339 e. The van der Waals surface area contributed by atoms with Crippen molar-refractivity contribution in [3.63, 3.8) is 0 Å². The molecule has 0 aliphatic rings. The van der Waals surface area contributed by atoms with Gasteiger partial charge in [-0.05, 0) is 44.5 Å². The maximum atomic E-state index is 2.38. The fourth-order valence-electron chi connectivity index (χ4n) is 3.96. The van der Waals surface area contributed by atoms with Gasteiger partial charge in [-0.3, -0.25) is 0 Å². The molecule has 0 atom stereocenters. The molecule has 0 bridgehead atoms. The second-order valence-electron chi connectivity index (χ2n) is 6.81. The van der Waals surface area contributed by atoms with Gasteiger partial charge in [0.1, 0.15) is 13.1 Å². The summed E-state index contributed by atoms with van der Waals surface area (Å²) in [5, 5.41) is 10.6. The normalized spacial score (nSPS) is 11.7. The summed E-state index contributed by atoms with van der Waals surface area (Å²) in [5.41, 5.74) is 2.77. The summed E-state index contributed by atoms with van der Waals surface area (Å²) in [5.74, 6) is 0. The third kappa shape index (κ3) is 2.54. The summed E-state index contributed by atoms with van der Waals surface area (Å²) < 4.78 is 0. The highest BCUT2D eigenvalue weighted by Gasteiger charge is 2.09. The molecule has 5 aromatic carbocycles. The van der Waals surface area contributed by atoms with Gasteiger partial charge in [0.15, 0.2) is 0 Å². The molecule has 2 N–H and O–H groups in total. The van der Waals surface area contributed by atoms with Crippen LogP contribution in [-0.2, 0) is 13.1 Å². The molecule has 1 nitrogen and oxygen atoms in total. The molecule has 0 unspecified atom stereocenters. The average molecular weight is 322 g/mol. The number of hydrogen-bond acceptors (Lipinski definition) is 0. The molecule has 5 rings (SSSR count). The van der Waals surface area contributed by atoms with Crippen LogP contribution in [0.15, 0.2) is 84.9 Å². The summed E-state index contributed by atoms with van der Waals surface area (Å²) in [6.07, 6.45) is 0. The van der Waals surface area contributed by atoms with Crippen LogP contribution in [-0.4, -0.2) is 0 Å². The van der Waals surface area contributed by atoms with Crippen molar-refractivity contribution in [2.45, 2.75) is 13.1 Å². The van der Waals surface area contributed by atoms with Crippen molar-refractivity contribution in [3.05, 3.63) is 96.1 Å². The molecule has 0 aliphatic heterocycles. The Balaban J connectivity index is 1.52. The Hall–Kier alpha value is -2.90. The molecule has 0 spiro atoms. The van der Waals surface area contributed by atoms with E-state index in [1.807, 2.05) is 0 Å². The second kappa shape index (κ2) is 5.87. The van der Waals surface area contributed by atoms with Gasteiger partial charge >= 0.3 is 0 Å². The number of quaternary nitrogens is 1. The van der Waals surface area contributed by atoms with Gasteiger partial charge in [-0.15, -0.1) is 0 Å². The van der Waals surface area contributed by atoms with Crippen LogP contribution in [0.5, 0.6) is 0 Å². The Bertz CT molecular complexity index is 1090. The molecule has 0 radical (unpaired) electrons. The zero-order chi connectivity index (χ0) is 16.6. The molecule has 25 heavy (non-hydrogen) atoms. The van der Waals surface area contributed by atoms with Gasteiger partial charge in [0.2, 0.25) is 0 Å². The van der Waals surface area contributed by atoms with Gasteiger partial charge in [-0.2, -0.15) is 0 Å². The summed E-state index contributed by atoms with van der Waals surface area (Å²) in [6.45, 7) is 2.03. The maximum Gasteiger partial charge on any atom is 0.102 e. The van der Waals surface area contributed by atoms with E-state index < -0.39 is 0 Å². The number of benzene rings is 5. The summed E-state index contributed by atoms with van der Waals surface area (Å²) >= 11 is 0. The summed E-state index contributed by atoms with van der Waals surface area (Å²) in [6, 6.07) is 31.0. The molecule has 0 saturated heterocycles. The van der Waals surface area contributed by atoms with E-state index in [1.54, 1.807) is 0 Å². The Morgan fingerprint density at radius 2 is 1.04 bits per heavy atom. The van der Waals surface area contributed by atoms with E-state index in [4.69, 9.17) is 0 Å². The molecule has 0 aromatic heterocycles. The van der Waals surface area contributed by atoms with E-state index in [9.17, 15) is 0 Å². The molecule has 120 valence electrons. The molecule has 0 aliphatic carbocycles. The minimum Gasteiger partial charge on any atom is -0.339 e. The minimum absolute atomic E-state index is 1.01. The van der Waals surface area contributed by atoms with Gasteiger partial charge in [0.05, 0.1) is 0 Å². The first-order valence-electron chi connectivity index (χ1n) is 8.90. The standard InChI is InChI=1S/C24H19N/c1-2-5-17(6-3-1)15-25-16-18-13-21-11-9-19-7-4-8-20-10-12-22(14-18)24(21)23(19)20/h1-14,25H,15-16H2/p+1. The van der Waals surface area contributed by atoms with E-state index in [0.717, 1.165) is 13.1 Å². The van der Waals surface area contributed by atoms with Crippen LogP contribution >= 0.6 is 0 Å². The lowest BCUT2D eigenvalue weighted by molar-refractivity contribution is -0.686. The Kier molecular flexibility index (Phi) is 3.39. The average Bonchev–Trinajstić information content (AvgIpc) is 2.67. The first-order chi connectivity index (χ1) is 12.4. The summed E-state index contributed by atoms with van der Waals surface area (Å²) in [4.78, 5) is 0. The highest BCUT2D eigenvalue weighted by molar-refractivity contribution is 6.23. The predicted octanol–water partition coefficient (Wildman–Crippen LogP) is 4.85. The zero-order valence-corrected chi connectivity index (χ0v) is 14.1. The Morgan fingerprint density at radius 1 is 0.480 bits per heavy atom. The van der Waals surface area contributed by atoms with Gasteiger partial charge in [-0.25, -0.2) is 0 Å². The van der Waals surface area contributed by atoms with Gasteiger partial charge < -0.3 is 5.32 Å². The Morgan fingerprint density at radius 3 is 1.72 bits per heavy atom. The van der Waals surface area contributed by atoms with Gasteiger partial charge in [-0.1, -0.05) is 72.8 Å². The lowest BCUT2D eigenvalue weighted by Crippen LogP contribution is -2.80. The quantitative estimate of drug-likeness (QED) is 0.456. The van der Waals surface area contributed by atoms with Crippen LogP contribution in [0.2, 0.25) is 0 Å². The second-order valence-corrected chi connectivity index (χ2v) is 6.81. The number of nitrogens with two attached hydrogens (primary N) is 1. The summed E-state index contributed by atoms with van der Waals surface area (Å²) in [7, 11) is 0. The van der Waals surface area contributed by atoms with Crippen molar-refractivity contribution < 1.29 is 5.32 Å². The lowest BCUT2D eigenvalue weighted by Gasteiger charge is -2.12. The highest BCUT2D eigenvalue weighted by atomic mass is 14.8. The highest BCUT2D eigenvalue weighted by Crippen LogP contribution is 2.34. The zero-order valence-electron chi connectivity index (χ0n) is 14.1. The molecular formula is C24H20N+. The lowest BCUT2D eigenvalue weighted by atomic mass is 9.93.